The van der Waals surface area contributed by atoms with Gasteiger partial charge in [-0.2, -0.15) is 0 Å². The first-order valence-electron chi connectivity index (χ1n) is 5.97. The maximum atomic E-state index is 11.7. The van der Waals surface area contributed by atoms with Crippen LogP contribution < -0.4 is 10.9 Å². The van der Waals surface area contributed by atoms with Crippen molar-refractivity contribution in [1.29, 1.82) is 0 Å². The number of nitrogens with one attached hydrogen (secondary N) is 1. The zero-order valence-corrected chi connectivity index (χ0v) is 9.94. The Hall–Kier alpha value is -1.16. The predicted octanol–water partition coefficient (Wildman–Crippen LogP) is 0.940. The molecule has 1 atom stereocenters. The van der Waals surface area contributed by atoms with E-state index in [2.05, 4.69) is 17.2 Å². The molecule has 1 aliphatic carbocycles. The minimum absolute atomic E-state index is 0.0519. The van der Waals surface area contributed by atoms with E-state index in [4.69, 9.17) is 0 Å². The molecule has 1 fully saturated rings. The van der Waals surface area contributed by atoms with Crippen molar-refractivity contribution in [1.82, 2.24) is 14.9 Å². The number of rotatable bonds is 5. The Morgan fingerprint density at radius 2 is 2.38 bits per heavy atom. The van der Waals surface area contributed by atoms with Crippen LogP contribution in [0.3, 0.4) is 0 Å². The molecule has 0 aliphatic heterocycles. The molecule has 2 rings (SSSR count). The molecular formula is C12H19N3O. The van der Waals surface area contributed by atoms with E-state index in [1.54, 1.807) is 17.0 Å². The van der Waals surface area contributed by atoms with Gasteiger partial charge in [0, 0.05) is 24.3 Å². The zero-order chi connectivity index (χ0) is 11.5. The molecule has 1 N–H and O–H groups in total. The molecule has 1 aromatic rings. The molecule has 1 heterocycles. The molecular weight excluding hydrogens is 202 g/mol. The van der Waals surface area contributed by atoms with Gasteiger partial charge in [0.1, 0.15) is 0 Å². The summed E-state index contributed by atoms with van der Waals surface area (Å²) in [6.45, 7) is 5.64. The Morgan fingerprint density at radius 3 is 2.94 bits per heavy atom. The lowest BCUT2D eigenvalue weighted by molar-refractivity contribution is 0.407. The number of hydrogen-bond donors (Lipinski definition) is 1. The van der Waals surface area contributed by atoms with Gasteiger partial charge in [0.15, 0.2) is 0 Å². The minimum atomic E-state index is 0.0519. The van der Waals surface area contributed by atoms with E-state index in [1.807, 2.05) is 6.92 Å². The van der Waals surface area contributed by atoms with Crippen LogP contribution >= 0.6 is 0 Å². The van der Waals surface area contributed by atoms with Gasteiger partial charge >= 0.3 is 0 Å². The van der Waals surface area contributed by atoms with E-state index in [0.717, 1.165) is 24.7 Å². The van der Waals surface area contributed by atoms with Crippen LogP contribution in [0.15, 0.2) is 17.2 Å². The highest BCUT2D eigenvalue weighted by atomic mass is 16.1. The minimum Gasteiger partial charge on any atom is -0.312 e. The molecule has 0 bridgehead atoms. The van der Waals surface area contributed by atoms with E-state index in [-0.39, 0.29) is 5.56 Å². The van der Waals surface area contributed by atoms with E-state index < -0.39 is 0 Å². The Morgan fingerprint density at radius 1 is 1.62 bits per heavy atom. The Kier molecular flexibility index (Phi) is 3.39. The quantitative estimate of drug-likeness (QED) is 0.805. The maximum absolute atomic E-state index is 11.7. The molecule has 1 unspecified atom stereocenters. The first-order chi connectivity index (χ1) is 7.70. The summed E-state index contributed by atoms with van der Waals surface area (Å²) in [5.74, 6) is 0.744. The summed E-state index contributed by atoms with van der Waals surface area (Å²) in [6, 6.07) is 2.02. The number of nitrogens with zero attached hydrogens (tertiary/aromatic N) is 2. The van der Waals surface area contributed by atoms with Crippen molar-refractivity contribution >= 4 is 0 Å². The van der Waals surface area contributed by atoms with E-state index in [9.17, 15) is 4.79 Å². The molecule has 16 heavy (non-hydrogen) atoms. The van der Waals surface area contributed by atoms with Crippen molar-refractivity contribution in [3.8, 4) is 0 Å². The highest BCUT2D eigenvalue weighted by Gasteiger charge is 2.30. The highest BCUT2D eigenvalue weighted by molar-refractivity contribution is 4.97. The molecule has 4 heteroatoms. The van der Waals surface area contributed by atoms with Gasteiger partial charge in [0.05, 0.1) is 6.33 Å². The summed E-state index contributed by atoms with van der Waals surface area (Å²) >= 11 is 0. The fourth-order valence-electron chi connectivity index (χ4n) is 2.01. The van der Waals surface area contributed by atoms with E-state index in [1.165, 1.54) is 12.8 Å². The van der Waals surface area contributed by atoms with Crippen molar-refractivity contribution in [2.45, 2.75) is 39.3 Å². The molecule has 1 aromatic heterocycles. The largest absolute Gasteiger partial charge is 0.312 e. The third-order valence-electron chi connectivity index (χ3n) is 3.07. The van der Waals surface area contributed by atoms with E-state index in [0.29, 0.717) is 6.04 Å². The molecule has 0 radical (unpaired) electrons. The third kappa shape index (κ3) is 2.70. The first-order valence-corrected chi connectivity index (χ1v) is 5.97. The molecule has 1 aliphatic rings. The van der Waals surface area contributed by atoms with Gasteiger partial charge in [-0.3, -0.25) is 9.36 Å². The summed E-state index contributed by atoms with van der Waals surface area (Å²) in [7, 11) is 0. The van der Waals surface area contributed by atoms with Gasteiger partial charge in [-0.1, -0.05) is 6.92 Å². The number of aromatic nitrogens is 2. The third-order valence-corrected chi connectivity index (χ3v) is 3.07. The fraction of sp³-hybridized carbons (Fsp3) is 0.667. The second kappa shape index (κ2) is 4.78. The molecule has 1 saturated carbocycles. The Bertz CT molecular complexity index is 409. The molecule has 0 saturated heterocycles. The fourth-order valence-corrected chi connectivity index (χ4v) is 2.01. The van der Waals surface area contributed by atoms with Gasteiger partial charge in [-0.15, -0.1) is 0 Å². The number of aryl methyl sites for hydroxylation is 1. The lowest BCUT2D eigenvalue weighted by atomic mass is 10.2. The average molecular weight is 221 g/mol. The van der Waals surface area contributed by atoms with Crippen LogP contribution in [0, 0.1) is 12.8 Å². The van der Waals surface area contributed by atoms with Gasteiger partial charge in [-0.25, -0.2) is 4.98 Å². The van der Waals surface area contributed by atoms with Crippen molar-refractivity contribution in [2.75, 3.05) is 6.54 Å². The summed E-state index contributed by atoms with van der Waals surface area (Å²) < 4.78 is 1.71. The summed E-state index contributed by atoms with van der Waals surface area (Å²) in [6.07, 6.45) is 4.22. The molecule has 88 valence electrons. The van der Waals surface area contributed by atoms with Crippen LogP contribution in [0.1, 0.15) is 25.5 Å². The van der Waals surface area contributed by atoms with Gasteiger partial charge < -0.3 is 5.32 Å². The molecule has 0 amide bonds. The van der Waals surface area contributed by atoms with Crippen LogP contribution in [0.2, 0.25) is 0 Å². The van der Waals surface area contributed by atoms with Crippen LogP contribution in [0.4, 0.5) is 0 Å². The van der Waals surface area contributed by atoms with Crippen molar-refractivity contribution < 1.29 is 0 Å². The van der Waals surface area contributed by atoms with Crippen molar-refractivity contribution in [3.63, 3.8) is 0 Å². The van der Waals surface area contributed by atoms with Crippen molar-refractivity contribution in [3.05, 3.63) is 28.4 Å². The normalized spacial score (nSPS) is 17.4. The van der Waals surface area contributed by atoms with E-state index >= 15 is 0 Å². The monoisotopic (exact) mass is 221 g/mol. The number of hydrogen-bond acceptors (Lipinski definition) is 3. The van der Waals surface area contributed by atoms with Gasteiger partial charge in [-0.05, 0) is 32.2 Å². The lowest BCUT2D eigenvalue weighted by Crippen LogP contribution is -2.38. The zero-order valence-electron chi connectivity index (χ0n) is 9.94. The predicted molar refractivity (Wildman–Crippen MR) is 63.4 cm³/mol. The highest BCUT2D eigenvalue weighted by Crippen LogP contribution is 2.33. The molecule has 0 aromatic carbocycles. The second-order valence-corrected chi connectivity index (χ2v) is 4.52. The van der Waals surface area contributed by atoms with Crippen LogP contribution in [0.25, 0.3) is 0 Å². The molecule has 0 spiro atoms. The SMILES string of the molecule is CCNC(Cn1cnc(C)cc1=O)C1CC1. The topological polar surface area (TPSA) is 46.9 Å². The van der Waals surface area contributed by atoms with Gasteiger partial charge in [0.2, 0.25) is 0 Å². The molecule has 4 nitrogen and oxygen atoms in total. The smallest absolute Gasteiger partial charge is 0.253 e. The maximum Gasteiger partial charge on any atom is 0.253 e. The van der Waals surface area contributed by atoms with Gasteiger partial charge in [0.25, 0.3) is 5.56 Å². The lowest BCUT2D eigenvalue weighted by Gasteiger charge is -2.18. The van der Waals surface area contributed by atoms with Crippen LogP contribution in [0.5, 0.6) is 0 Å². The Labute approximate surface area is 95.7 Å². The van der Waals surface area contributed by atoms with Crippen LogP contribution in [-0.2, 0) is 6.54 Å². The average Bonchev–Trinajstić information content (AvgIpc) is 3.04. The number of likely N-dealkylation sites (N-methyl/N-ethyl adjacent to an activating group) is 1. The summed E-state index contributed by atoms with van der Waals surface area (Å²) in [4.78, 5) is 15.9. The van der Waals surface area contributed by atoms with Crippen LogP contribution in [-0.4, -0.2) is 22.1 Å². The summed E-state index contributed by atoms with van der Waals surface area (Å²) in [5, 5.41) is 3.45. The summed E-state index contributed by atoms with van der Waals surface area (Å²) in [5.41, 5.74) is 0.837. The standard InChI is InChI=1S/C12H19N3O/c1-3-13-11(10-4-5-10)7-15-8-14-9(2)6-12(15)16/h6,8,10-11,13H,3-5,7H2,1-2H3. The Balaban J connectivity index is 2.08. The van der Waals surface area contributed by atoms with Crippen molar-refractivity contribution in [2.24, 2.45) is 5.92 Å². The first kappa shape index (κ1) is 11.3. The second-order valence-electron chi connectivity index (χ2n) is 4.52.